The van der Waals surface area contributed by atoms with Gasteiger partial charge in [-0.05, 0) is 48.9 Å². The third-order valence-corrected chi connectivity index (χ3v) is 5.65. The molecule has 0 aromatic heterocycles. The molecule has 3 atom stereocenters. The Labute approximate surface area is 97.7 Å². The minimum absolute atomic E-state index is 0.300. The highest BCUT2D eigenvalue weighted by atomic mass is 16.4. The molecular formula is C14H22O2. The van der Waals surface area contributed by atoms with Crippen molar-refractivity contribution in [3.63, 3.8) is 0 Å². The van der Waals surface area contributed by atoms with Crippen molar-refractivity contribution < 1.29 is 9.90 Å². The predicted molar refractivity (Wildman–Crippen MR) is 64.1 cm³/mol. The van der Waals surface area contributed by atoms with E-state index in [2.05, 4.69) is 20.8 Å². The Bertz CT molecular complexity index is 354. The van der Waals surface area contributed by atoms with Crippen molar-refractivity contribution in [3.8, 4) is 0 Å². The topological polar surface area (TPSA) is 37.3 Å². The molecule has 0 aromatic rings. The second-order valence-electron chi connectivity index (χ2n) is 6.37. The van der Waals surface area contributed by atoms with Crippen molar-refractivity contribution in [1.29, 1.82) is 0 Å². The lowest BCUT2D eigenvalue weighted by Crippen LogP contribution is -2.31. The second-order valence-corrected chi connectivity index (χ2v) is 6.37. The maximum absolute atomic E-state index is 10.9. The van der Waals surface area contributed by atoms with Gasteiger partial charge in [-0.15, -0.1) is 0 Å². The minimum Gasteiger partial charge on any atom is -0.478 e. The van der Waals surface area contributed by atoms with Gasteiger partial charge in [0.25, 0.3) is 0 Å². The third kappa shape index (κ3) is 1.35. The first-order valence-electron chi connectivity index (χ1n) is 6.21. The number of rotatable bonds is 2. The maximum Gasteiger partial charge on any atom is 0.330 e. The largest absolute Gasteiger partial charge is 0.478 e. The molecule has 2 aliphatic carbocycles. The number of carboxylic acid groups (broad SMARTS) is 1. The Morgan fingerprint density at radius 2 is 2.00 bits per heavy atom. The lowest BCUT2D eigenvalue weighted by atomic mass is 9.66. The summed E-state index contributed by atoms with van der Waals surface area (Å²) in [5.74, 6) is 0.460. The van der Waals surface area contributed by atoms with Crippen molar-refractivity contribution in [2.24, 2.45) is 22.7 Å². The molecule has 0 amide bonds. The van der Waals surface area contributed by atoms with Gasteiger partial charge >= 0.3 is 5.97 Å². The molecule has 90 valence electrons. The average molecular weight is 222 g/mol. The summed E-state index contributed by atoms with van der Waals surface area (Å²) in [6.07, 6.45) is 5.75. The summed E-state index contributed by atoms with van der Waals surface area (Å²) in [5, 5.41) is 8.96. The van der Waals surface area contributed by atoms with E-state index in [1.165, 1.54) is 19.3 Å². The van der Waals surface area contributed by atoms with Crippen molar-refractivity contribution in [3.05, 3.63) is 11.6 Å². The van der Waals surface area contributed by atoms with Gasteiger partial charge in [0.15, 0.2) is 0 Å². The van der Waals surface area contributed by atoms with Gasteiger partial charge in [-0.3, -0.25) is 0 Å². The lowest BCUT2D eigenvalue weighted by Gasteiger charge is -2.38. The molecule has 2 fully saturated rings. The van der Waals surface area contributed by atoms with Gasteiger partial charge in [0.1, 0.15) is 0 Å². The molecule has 2 rings (SSSR count). The smallest absolute Gasteiger partial charge is 0.330 e. The zero-order valence-electron chi connectivity index (χ0n) is 10.7. The normalized spacial score (nSPS) is 41.4. The van der Waals surface area contributed by atoms with Crippen molar-refractivity contribution in [2.75, 3.05) is 0 Å². The van der Waals surface area contributed by atoms with Gasteiger partial charge in [-0.1, -0.05) is 26.8 Å². The molecule has 2 saturated carbocycles. The van der Waals surface area contributed by atoms with E-state index in [9.17, 15) is 4.79 Å². The standard InChI is InChI=1S/C14H22O2/c1-9(12(15)16)7-11-8-10-5-6-14(11,4)13(10,2)3/h7,10-11H,5-6,8H2,1-4H3,(H,15,16). The fourth-order valence-corrected chi connectivity index (χ4v) is 3.89. The van der Waals surface area contributed by atoms with Crippen LogP contribution in [0.3, 0.4) is 0 Å². The highest BCUT2D eigenvalue weighted by molar-refractivity contribution is 5.85. The Morgan fingerprint density at radius 1 is 1.38 bits per heavy atom. The van der Waals surface area contributed by atoms with Gasteiger partial charge in [0.2, 0.25) is 0 Å². The molecule has 0 heterocycles. The molecule has 2 aliphatic rings. The third-order valence-electron chi connectivity index (χ3n) is 5.65. The monoisotopic (exact) mass is 222 g/mol. The average Bonchev–Trinajstić information content (AvgIpc) is 2.50. The van der Waals surface area contributed by atoms with E-state index in [0.717, 1.165) is 5.92 Å². The van der Waals surface area contributed by atoms with Gasteiger partial charge in [0, 0.05) is 5.57 Å². The van der Waals surface area contributed by atoms with Gasteiger partial charge < -0.3 is 5.11 Å². The maximum atomic E-state index is 10.9. The van der Waals surface area contributed by atoms with Crippen LogP contribution in [0.2, 0.25) is 0 Å². The molecule has 2 nitrogen and oxygen atoms in total. The first-order chi connectivity index (χ1) is 7.29. The van der Waals surface area contributed by atoms with Crippen LogP contribution in [0.4, 0.5) is 0 Å². The molecule has 0 saturated heterocycles. The van der Waals surface area contributed by atoms with Gasteiger partial charge in [-0.25, -0.2) is 4.79 Å². The van der Waals surface area contributed by atoms with Crippen LogP contribution in [0, 0.1) is 22.7 Å². The molecule has 0 radical (unpaired) electrons. The van der Waals surface area contributed by atoms with Gasteiger partial charge in [0.05, 0.1) is 0 Å². The van der Waals surface area contributed by atoms with E-state index in [1.807, 2.05) is 6.08 Å². The van der Waals surface area contributed by atoms with Crippen LogP contribution in [-0.4, -0.2) is 11.1 Å². The van der Waals surface area contributed by atoms with Crippen LogP contribution in [0.15, 0.2) is 11.6 Å². The number of hydrogen-bond acceptors (Lipinski definition) is 1. The van der Waals surface area contributed by atoms with Crippen LogP contribution < -0.4 is 0 Å². The zero-order valence-corrected chi connectivity index (χ0v) is 10.7. The Morgan fingerprint density at radius 3 is 2.38 bits per heavy atom. The summed E-state index contributed by atoms with van der Waals surface area (Å²) in [5.41, 5.74) is 1.18. The number of carboxylic acids is 1. The quantitative estimate of drug-likeness (QED) is 0.726. The SMILES string of the molecule is CC(=CC1CC2CCC1(C)C2(C)C)C(=O)O. The van der Waals surface area contributed by atoms with E-state index >= 15 is 0 Å². The predicted octanol–water partition coefficient (Wildman–Crippen LogP) is 3.48. The fourth-order valence-electron chi connectivity index (χ4n) is 3.89. The Kier molecular flexibility index (Phi) is 2.45. The summed E-state index contributed by atoms with van der Waals surface area (Å²) in [6.45, 7) is 8.77. The summed E-state index contributed by atoms with van der Waals surface area (Å²) >= 11 is 0. The molecule has 16 heavy (non-hydrogen) atoms. The summed E-state index contributed by atoms with van der Waals surface area (Å²) in [4.78, 5) is 10.9. The molecule has 2 heteroatoms. The van der Waals surface area contributed by atoms with E-state index in [1.54, 1.807) is 6.92 Å². The molecular weight excluding hydrogens is 200 g/mol. The van der Waals surface area contributed by atoms with Crippen molar-refractivity contribution in [1.82, 2.24) is 0 Å². The second kappa shape index (κ2) is 3.35. The Balaban J connectivity index is 2.29. The van der Waals surface area contributed by atoms with Crippen LogP contribution in [0.5, 0.6) is 0 Å². The first-order valence-corrected chi connectivity index (χ1v) is 6.21. The highest BCUT2D eigenvalue weighted by Gasteiger charge is 2.60. The van der Waals surface area contributed by atoms with Crippen molar-refractivity contribution >= 4 is 5.97 Å². The molecule has 0 aromatic carbocycles. The van der Waals surface area contributed by atoms with Gasteiger partial charge in [-0.2, -0.15) is 0 Å². The van der Waals surface area contributed by atoms with Crippen LogP contribution in [-0.2, 0) is 4.79 Å². The Hall–Kier alpha value is -0.790. The van der Waals surface area contributed by atoms with Crippen LogP contribution in [0.25, 0.3) is 0 Å². The number of carbonyl (C=O) groups is 1. The summed E-state index contributed by atoms with van der Waals surface area (Å²) in [6, 6.07) is 0. The van der Waals surface area contributed by atoms with E-state index in [4.69, 9.17) is 5.11 Å². The molecule has 0 aliphatic heterocycles. The van der Waals surface area contributed by atoms with Crippen LogP contribution in [0.1, 0.15) is 47.0 Å². The lowest BCUT2D eigenvalue weighted by molar-refractivity contribution is -0.132. The van der Waals surface area contributed by atoms with Crippen LogP contribution >= 0.6 is 0 Å². The van der Waals surface area contributed by atoms with E-state index in [0.29, 0.717) is 22.3 Å². The number of allylic oxidation sites excluding steroid dienone is 1. The van der Waals surface area contributed by atoms with E-state index < -0.39 is 5.97 Å². The fraction of sp³-hybridized carbons (Fsp3) is 0.786. The summed E-state index contributed by atoms with van der Waals surface area (Å²) in [7, 11) is 0. The number of aliphatic carboxylic acids is 1. The van der Waals surface area contributed by atoms with Crippen molar-refractivity contribution in [2.45, 2.75) is 47.0 Å². The highest BCUT2D eigenvalue weighted by Crippen LogP contribution is 2.68. The molecule has 1 N–H and O–H groups in total. The zero-order chi connectivity index (χ0) is 12.1. The molecule has 2 bridgehead atoms. The number of fused-ring (bicyclic) bond motifs is 2. The molecule has 0 spiro atoms. The van der Waals surface area contributed by atoms with E-state index in [-0.39, 0.29) is 0 Å². The first kappa shape index (κ1) is 11.7. The molecule has 3 unspecified atom stereocenters. The summed E-state index contributed by atoms with van der Waals surface area (Å²) < 4.78 is 0. The minimum atomic E-state index is -0.774. The number of hydrogen-bond donors (Lipinski definition) is 1.